The van der Waals surface area contributed by atoms with E-state index in [2.05, 4.69) is 11.8 Å². The fourth-order valence-electron chi connectivity index (χ4n) is 4.62. The van der Waals surface area contributed by atoms with Gasteiger partial charge in [-0.05, 0) is 43.2 Å². The lowest BCUT2D eigenvalue weighted by atomic mass is 9.80. The fourth-order valence-corrected chi connectivity index (χ4v) is 4.62. The molecule has 2 fully saturated rings. The van der Waals surface area contributed by atoms with Crippen LogP contribution in [0.1, 0.15) is 44.6 Å². The number of nitrogens with zero attached hydrogens (tertiary/aromatic N) is 1. The van der Waals surface area contributed by atoms with Crippen LogP contribution in [0, 0.1) is 22.2 Å². The molecular formula is C19H27N3. The molecule has 1 saturated heterocycles. The zero-order valence-corrected chi connectivity index (χ0v) is 13.5. The van der Waals surface area contributed by atoms with Gasteiger partial charge in [0.25, 0.3) is 0 Å². The lowest BCUT2D eigenvalue weighted by Crippen LogP contribution is -2.40. The number of rotatable bonds is 6. The average molecular weight is 297 g/mol. The Hall–Kier alpha value is -1.48. The molecule has 3 unspecified atom stereocenters. The van der Waals surface area contributed by atoms with Gasteiger partial charge in [-0.3, -0.25) is 4.90 Å². The van der Waals surface area contributed by atoms with Gasteiger partial charge in [-0.2, -0.15) is 0 Å². The van der Waals surface area contributed by atoms with Crippen molar-refractivity contribution in [2.75, 3.05) is 13.1 Å². The van der Waals surface area contributed by atoms with Crippen molar-refractivity contribution < 1.29 is 0 Å². The van der Waals surface area contributed by atoms with Crippen LogP contribution in [-0.2, 0) is 0 Å². The molecule has 0 spiro atoms. The van der Waals surface area contributed by atoms with Crippen LogP contribution in [0.3, 0.4) is 0 Å². The van der Waals surface area contributed by atoms with Gasteiger partial charge in [-0.1, -0.05) is 43.7 Å². The lowest BCUT2D eigenvalue weighted by Gasteiger charge is -2.33. The van der Waals surface area contributed by atoms with Crippen molar-refractivity contribution in [2.45, 2.75) is 45.1 Å². The van der Waals surface area contributed by atoms with Crippen LogP contribution in [0.5, 0.6) is 0 Å². The van der Waals surface area contributed by atoms with E-state index in [-0.39, 0.29) is 5.92 Å². The molecule has 1 aromatic carbocycles. The molecule has 0 radical (unpaired) electrons. The zero-order valence-electron chi connectivity index (χ0n) is 13.5. The third kappa shape index (κ3) is 2.63. The predicted octanol–water partition coefficient (Wildman–Crippen LogP) is 3.97. The number of benzene rings is 1. The monoisotopic (exact) mass is 297 g/mol. The molecule has 118 valence electrons. The van der Waals surface area contributed by atoms with Crippen LogP contribution in [0.25, 0.3) is 0 Å². The van der Waals surface area contributed by atoms with Crippen LogP contribution in [-0.4, -0.2) is 36.0 Å². The van der Waals surface area contributed by atoms with Gasteiger partial charge in [0.15, 0.2) is 0 Å². The van der Waals surface area contributed by atoms with Gasteiger partial charge >= 0.3 is 0 Å². The quantitative estimate of drug-likeness (QED) is 0.767. The highest BCUT2D eigenvalue weighted by atomic mass is 15.2. The summed E-state index contributed by atoms with van der Waals surface area (Å²) >= 11 is 0. The van der Waals surface area contributed by atoms with Gasteiger partial charge in [0, 0.05) is 30.4 Å². The second kappa shape index (κ2) is 6.33. The molecule has 0 amide bonds. The van der Waals surface area contributed by atoms with Crippen molar-refractivity contribution in [3.8, 4) is 0 Å². The van der Waals surface area contributed by atoms with Crippen molar-refractivity contribution in [2.24, 2.45) is 11.3 Å². The van der Waals surface area contributed by atoms with Gasteiger partial charge < -0.3 is 10.8 Å². The minimum absolute atomic E-state index is 0.0874. The summed E-state index contributed by atoms with van der Waals surface area (Å²) in [4.78, 5) is 2.57. The molecule has 0 aromatic heterocycles. The minimum atomic E-state index is -0.0874. The van der Waals surface area contributed by atoms with Gasteiger partial charge in [0.1, 0.15) is 0 Å². The predicted molar refractivity (Wildman–Crippen MR) is 92.1 cm³/mol. The zero-order chi connectivity index (χ0) is 15.6. The second-order valence-corrected chi connectivity index (χ2v) is 6.92. The van der Waals surface area contributed by atoms with Crippen molar-refractivity contribution in [1.29, 1.82) is 10.8 Å². The van der Waals surface area contributed by atoms with E-state index in [1.165, 1.54) is 38.3 Å². The normalized spacial score (nSPS) is 29.2. The van der Waals surface area contributed by atoms with Gasteiger partial charge in [0.05, 0.1) is 0 Å². The van der Waals surface area contributed by atoms with E-state index >= 15 is 0 Å². The molecule has 0 bridgehead atoms. The van der Waals surface area contributed by atoms with Crippen LogP contribution < -0.4 is 0 Å². The smallest absolute Gasteiger partial charge is 0.0485 e. The molecule has 22 heavy (non-hydrogen) atoms. The maximum absolute atomic E-state index is 8.46. The molecule has 1 aromatic rings. The average Bonchev–Trinajstić information content (AvgIpc) is 3.13. The summed E-state index contributed by atoms with van der Waals surface area (Å²) in [6.07, 6.45) is 8.07. The topological polar surface area (TPSA) is 50.9 Å². The molecule has 2 N–H and O–H groups in total. The Kier molecular flexibility index (Phi) is 4.44. The van der Waals surface area contributed by atoms with Gasteiger partial charge in [0.2, 0.25) is 0 Å². The number of nitrogens with one attached hydrogen (secondary N) is 2. The van der Waals surface area contributed by atoms with Crippen molar-refractivity contribution in [3.05, 3.63) is 35.9 Å². The highest BCUT2D eigenvalue weighted by Crippen LogP contribution is 2.50. The van der Waals surface area contributed by atoms with E-state index in [1.54, 1.807) is 0 Å². The van der Waals surface area contributed by atoms with Crippen LogP contribution in [0.4, 0.5) is 0 Å². The third-order valence-corrected chi connectivity index (χ3v) is 5.99. The Morgan fingerprint density at radius 2 is 2.14 bits per heavy atom. The maximum atomic E-state index is 8.46. The molecule has 1 heterocycles. The van der Waals surface area contributed by atoms with Crippen molar-refractivity contribution in [3.63, 3.8) is 0 Å². The first kappa shape index (κ1) is 15.4. The summed E-state index contributed by atoms with van der Waals surface area (Å²) in [5, 5.41) is 16.2. The lowest BCUT2D eigenvalue weighted by molar-refractivity contribution is 0.177. The number of hydrogen-bond donors (Lipinski definition) is 2. The molecule has 1 aliphatic carbocycles. The molecule has 3 atom stereocenters. The summed E-state index contributed by atoms with van der Waals surface area (Å²) in [7, 11) is 0. The summed E-state index contributed by atoms with van der Waals surface area (Å²) in [6, 6.07) is 10.6. The molecule has 1 aliphatic heterocycles. The van der Waals surface area contributed by atoms with Crippen LogP contribution in [0.2, 0.25) is 0 Å². The minimum Gasteiger partial charge on any atom is -0.312 e. The standard InChI is InChI=1S/C19H27N3/c1-2-19-10-6-9-17(19)22(12-11-19)14-16(13-20)18(21)15-7-4-3-5-8-15/h3-5,7-8,13,16-17,20-21H,2,6,9-12,14H2,1H3. The van der Waals surface area contributed by atoms with Gasteiger partial charge in [-0.15, -0.1) is 0 Å². The number of fused-ring (bicyclic) bond motifs is 1. The Labute approximate surface area is 133 Å². The van der Waals surface area contributed by atoms with Gasteiger partial charge in [-0.25, -0.2) is 0 Å². The first-order valence-corrected chi connectivity index (χ1v) is 8.58. The van der Waals surface area contributed by atoms with E-state index in [9.17, 15) is 0 Å². The van der Waals surface area contributed by atoms with E-state index < -0.39 is 0 Å². The fraction of sp³-hybridized carbons (Fsp3) is 0.579. The highest BCUT2D eigenvalue weighted by molar-refractivity contribution is 6.07. The Morgan fingerprint density at radius 1 is 1.36 bits per heavy atom. The van der Waals surface area contributed by atoms with E-state index in [4.69, 9.17) is 10.8 Å². The van der Waals surface area contributed by atoms with Crippen molar-refractivity contribution in [1.82, 2.24) is 4.90 Å². The van der Waals surface area contributed by atoms with Crippen LogP contribution in [0.15, 0.2) is 30.3 Å². The Morgan fingerprint density at radius 3 is 2.82 bits per heavy atom. The Balaban J connectivity index is 1.71. The maximum Gasteiger partial charge on any atom is 0.0485 e. The molecular weight excluding hydrogens is 270 g/mol. The summed E-state index contributed by atoms with van der Waals surface area (Å²) in [6.45, 7) is 4.32. The second-order valence-electron chi connectivity index (χ2n) is 6.92. The number of likely N-dealkylation sites (tertiary alicyclic amines) is 1. The summed E-state index contributed by atoms with van der Waals surface area (Å²) in [5.74, 6) is -0.0874. The molecule has 3 heteroatoms. The molecule has 3 nitrogen and oxygen atoms in total. The van der Waals surface area contributed by atoms with E-state index in [0.717, 1.165) is 18.7 Å². The molecule has 2 aliphatic rings. The first-order chi connectivity index (χ1) is 10.7. The Bertz CT molecular complexity index is 539. The molecule has 3 rings (SSSR count). The summed E-state index contributed by atoms with van der Waals surface area (Å²) in [5.41, 5.74) is 2.06. The number of hydrogen-bond acceptors (Lipinski definition) is 3. The largest absolute Gasteiger partial charge is 0.312 e. The highest BCUT2D eigenvalue weighted by Gasteiger charge is 2.48. The summed E-state index contributed by atoms with van der Waals surface area (Å²) < 4.78 is 0. The molecule has 1 saturated carbocycles. The van der Waals surface area contributed by atoms with E-state index in [1.807, 2.05) is 30.3 Å². The third-order valence-electron chi connectivity index (χ3n) is 5.99. The SMILES string of the molecule is CCC12CCCC1N(CC(C=N)C(=N)c1ccccc1)CC2. The van der Waals surface area contributed by atoms with Crippen molar-refractivity contribution >= 4 is 11.9 Å². The first-order valence-electron chi connectivity index (χ1n) is 8.58. The van der Waals surface area contributed by atoms with Crippen LogP contribution >= 0.6 is 0 Å². The van der Waals surface area contributed by atoms with E-state index in [0.29, 0.717) is 17.2 Å².